The van der Waals surface area contributed by atoms with Crippen molar-refractivity contribution in [3.8, 4) is 5.75 Å². The molecule has 17 heavy (non-hydrogen) atoms. The number of nitrogens with zero attached hydrogens (tertiary/aromatic N) is 2. The van der Waals surface area contributed by atoms with Gasteiger partial charge in [0.2, 0.25) is 0 Å². The first-order valence-electron chi connectivity index (χ1n) is 5.01. The number of methoxy groups -OCH3 is 1. The summed E-state index contributed by atoms with van der Waals surface area (Å²) in [6.45, 7) is 2.71. The Balaban J connectivity index is 2.97. The summed E-state index contributed by atoms with van der Waals surface area (Å²) < 4.78 is 5.03. The number of aliphatic hydroxyl groups is 1. The monoisotopic (exact) mass is 234 g/mol. The van der Waals surface area contributed by atoms with Crippen LogP contribution < -0.4 is 4.74 Å². The van der Waals surface area contributed by atoms with Gasteiger partial charge in [-0.1, -0.05) is 6.07 Å². The van der Waals surface area contributed by atoms with Crippen LogP contribution in [0.4, 0.5) is 5.69 Å². The lowest BCUT2D eigenvalue weighted by Gasteiger charge is -2.00. The predicted molar refractivity (Wildman–Crippen MR) is 63.5 cm³/mol. The smallest absolute Gasteiger partial charge is 0.183 e. The van der Waals surface area contributed by atoms with Crippen molar-refractivity contribution in [1.29, 1.82) is 0 Å². The summed E-state index contributed by atoms with van der Waals surface area (Å²) in [5.41, 5.74) is 0.497. The van der Waals surface area contributed by atoms with Crippen LogP contribution in [0.25, 0.3) is 0 Å². The van der Waals surface area contributed by atoms with E-state index in [4.69, 9.17) is 4.74 Å². The number of allylic oxidation sites excluding steroid dienone is 2. The number of hydrogen-bond acceptors (Lipinski definition) is 5. The molecule has 5 nitrogen and oxygen atoms in total. The number of ether oxygens (including phenoxy) is 1. The van der Waals surface area contributed by atoms with Gasteiger partial charge in [0.15, 0.2) is 11.5 Å². The quantitative estimate of drug-likeness (QED) is 0.494. The molecule has 0 aliphatic heterocycles. The van der Waals surface area contributed by atoms with Crippen molar-refractivity contribution in [2.75, 3.05) is 7.11 Å². The maximum absolute atomic E-state index is 11.1. The molecule has 0 radical (unpaired) electrons. The van der Waals surface area contributed by atoms with E-state index in [0.717, 1.165) is 0 Å². The van der Waals surface area contributed by atoms with Crippen molar-refractivity contribution in [2.24, 2.45) is 10.2 Å². The van der Waals surface area contributed by atoms with E-state index in [1.165, 1.54) is 13.8 Å². The van der Waals surface area contributed by atoms with Gasteiger partial charge in [-0.2, -0.15) is 5.11 Å². The van der Waals surface area contributed by atoms with E-state index in [2.05, 4.69) is 10.2 Å². The van der Waals surface area contributed by atoms with Crippen molar-refractivity contribution in [2.45, 2.75) is 13.8 Å². The molecule has 1 N–H and O–H groups in total. The minimum Gasteiger partial charge on any atom is -0.510 e. The third-order valence-electron chi connectivity index (χ3n) is 1.99. The summed E-state index contributed by atoms with van der Waals surface area (Å²) >= 11 is 0. The molecule has 1 aromatic carbocycles. The second-order valence-corrected chi connectivity index (χ2v) is 3.39. The highest BCUT2D eigenvalue weighted by atomic mass is 16.5. The van der Waals surface area contributed by atoms with Gasteiger partial charge < -0.3 is 9.84 Å². The van der Waals surface area contributed by atoms with E-state index in [-0.39, 0.29) is 17.2 Å². The van der Waals surface area contributed by atoms with Crippen LogP contribution in [-0.4, -0.2) is 18.0 Å². The Hall–Kier alpha value is -2.17. The Kier molecular flexibility index (Phi) is 4.39. The van der Waals surface area contributed by atoms with Crippen LogP contribution in [0.5, 0.6) is 5.75 Å². The van der Waals surface area contributed by atoms with Gasteiger partial charge in [0.05, 0.1) is 12.8 Å². The molecule has 0 heterocycles. The van der Waals surface area contributed by atoms with E-state index in [0.29, 0.717) is 11.4 Å². The van der Waals surface area contributed by atoms with Gasteiger partial charge in [0.1, 0.15) is 11.5 Å². The van der Waals surface area contributed by atoms with Gasteiger partial charge in [0, 0.05) is 13.0 Å². The number of aliphatic hydroxyl groups excluding tert-OH is 1. The molecule has 1 rings (SSSR count). The van der Waals surface area contributed by atoms with Gasteiger partial charge in [-0.15, -0.1) is 5.11 Å². The molecule has 0 aliphatic rings. The molecular formula is C12H14N2O3. The highest BCUT2D eigenvalue weighted by molar-refractivity contribution is 5.93. The number of ketones is 1. The molecule has 0 fully saturated rings. The van der Waals surface area contributed by atoms with Crippen molar-refractivity contribution in [3.63, 3.8) is 0 Å². The minimum atomic E-state index is -0.336. The summed E-state index contributed by atoms with van der Waals surface area (Å²) in [5.74, 6) is 0.163. The Morgan fingerprint density at radius 3 is 2.59 bits per heavy atom. The molecule has 1 aromatic rings. The Bertz CT molecular complexity index is 474. The summed E-state index contributed by atoms with van der Waals surface area (Å²) in [6.07, 6.45) is 0. The van der Waals surface area contributed by atoms with Crippen LogP contribution in [-0.2, 0) is 4.79 Å². The SMILES string of the molecule is COc1cccc(N=N/C(C(C)=O)=C(/C)O)c1. The fourth-order valence-electron chi connectivity index (χ4n) is 1.18. The van der Waals surface area contributed by atoms with E-state index in [1.54, 1.807) is 31.4 Å². The second-order valence-electron chi connectivity index (χ2n) is 3.39. The van der Waals surface area contributed by atoms with Gasteiger partial charge in [-0.3, -0.25) is 4.79 Å². The molecule has 5 heteroatoms. The summed E-state index contributed by atoms with van der Waals surface area (Å²) in [7, 11) is 1.55. The Labute approximate surface area is 99.4 Å². The predicted octanol–water partition coefficient (Wildman–Crippen LogP) is 3.16. The first kappa shape index (κ1) is 12.9. The van der Waals surface area contributed by atoms with E-state index in [1.807, 2.05) is 0 Å². The molecule has 0 amide bonds. The largest absolute Gasteiger partial charge is 0.510 e. The van der Waals surface area contributed by atoms with E-state index in [9.17, 15) is 9.90 Å². The highest BCUT2D eigenvalue weighted by Crippen LogP contribution is 2.20. The molecule has 0 spiro atoms. The van der Waals surface area contributed by atoms with Crippen LogP contribution in [0, 0.1) is 0 Å². The average molecular weight is 234 g/mol. The third kappa shape index (κ3) is 3.71. The zero-order chi connectivity index (χ0) is 12.8. The van der Waals surface area contributed by atoms with Crippen molar-refractivity contribution < 1.29 is 14.6 Å². The lowest BCUT2D eigenvalue weighted by atomic mass is 10.3. The van der Waals surface area contributed by atoms with Gasteiger partial charge in [-0.25, -0.2) is 0 Å². The lowest BCUT2D eigenvalue weighted by Crippen LogP contribution is -1.96. The molecule has 0 aromatic heterocycles. The number of carbonyl (C=O) groups excluding carboxylic acids is 1. The fourth-order valence-corrected chi connectivity index (χ4v) is 1.18. The van der Waals surface area contributed by atoms with Crippen molar-refractivity contribution >= 4 is 11.5 Å². The number of rotatable bonds is 4. The maximum Gasteiger partial charge on any atom is 0.183 e. The highest BCUT2D eigenvalue weighted by Gasteiger charge is 2.06. The summed E-state index contributed by atoms with van der Waals surface area (Å²) in [5, 5.41) is 16.8. The first-order valence-corrected chi connectivity index (χ1v) is 5.01. The summed E-state index contributed by atoms with van der Waals surface area (Å²) in [6, 6.07) is 6.93. The van der Waals surface area contributed by atoms with Crippen LogP contribution in [0.2, 0.25) is 0 Å². The molecule has 0 unspecified atom stereocenters. The third-order valence-corrected chi connectivity index (χ3v) is 1.99. The van der Waals surface area contributed by atoms with Crippen LogP contribution in [0.3, 0.4) is 0 Å². The minimum absolute atomic E-state index is 0.0483. The number of hydrogen-bond donors (Lipinski definition) is 1. The standard InChI is InChI=1S/C12H14N2O3/c1-8(15)12(9(2)16)14-13-10-5-4-6-11(7-10)17-3/h4-7,15H,1-3H3/b12-8-,14-13?. The molecular weight excluding hydrogens is 220 g/mol. The first-order chi connectivity index (χ1) is 8.04. The fraction of sp³-hybridized carbons (Fsp3) is 0.250. The second kappa shape index (κ2) is 5.79. The molecule has 0 atom stereocenters. The Morgan fingerprint density at radius 2 is 2.06 bits per heavy atom. The number of carbonyl (C=O) groups is 1. The molecule has 0 bridgehead atoms. The van der Waals surface area contributed by atoms with E-state index >= 15 is 0 Å². The van der Waals surface area contributed by atoms with Crippen LogP contribution in [0.15, 0.2) is 46.0 Å². The van der Waals surface area contributed by atoms with Gasteiger partial charge >= 0.3 is 0 Å². The maximum atomic E-state index is 11.1. The zero-order valence-electron chi connectivity index (χ0n) is 9.97. The van der Waals surface area contributed by atoms with Gasteiger partial charge in [-0.05, 0) is 19.1 Å². The normalized spacial score (nSPS) is 12.4. The van der Waals surface area contributed by atoms with Crippen LogP contribution in [0.1, 0.15) is 13.8 Å². The van der Waals surface area contributed by atoms with Gasteiger partial charge in [0.25, 0.3) is 0 Å². The number of Topliss-reactive ketones (excluding diaryl/α,β-unsaturated/α-hetero) is 1. The topological polar surface area (TPSA) is 71.2 Å². The number of azo groups is 1. The average Bonchev–Trinajstić information content (AvgIpc) is 2.28. The summed E-state index contributed by atoms with van der Waals surface area (Å²) in [4.78, 5) is 11.1. The molecule has 90 valence electrons. The molecule has 0 aliphatic carbocycles. The van der Waals surface area contributed by atoms with Crippen LogP contribution >= 0.6 is 0 Å². The van der Waals surface area contributed by atoms with E-state index < -0.39 is 0 Å². The lowest BCUT2D eigenvalue weighted by molar-refractivity contribution is -0.113. The zero-order valence-corrected chi connectivity index (χ0v) is 9.97. The number of benzene rings is 1. The van der Waals surface area contributed by atoms with Crippen molar-refractivity contribution in [3.05, 3.63) is 35.7 Å². The Morgan fingerprint density at radius 1 is 1.35 bits per heavy atom. The van der Waals surface area contributed by atoms with Crippen molar-refractivity contribution in [1.82, 2.24) is 0 Å². The molecule has 0 saturated heterocycles. The molecule has 0 saturated carbocycles.